The fourth-order valence-electron chi connectivity index (χ4n) is 10.5. The first kappa shape index (κ1) is 74.6. The van der Waals surface area contributed by atoms with Crippen molar-refractivity contribution in [3.05, 3.63) is 85.1 Å². The lowest BCUT2D eigenvalue weighted by atomic mass is 10.0. The number of amides is 1. The highest BCUT2D eigenvalue weighted by Crippen LogP contribution is 2.19. The zero-order valence-electron chi connectivity index (χ0n) is 51.7. The van der Waals surface area contributed by atoms with Gasteiger partial charge in [-0.25, -0.2) is 0 Å². The van der Waals surface area contributed by atoms with Gasteiger partial charge >= 0.3 is 0 Å². The van der Waals surface area contributed by atoms with Crippen molar-refractivity contribution in [2.45, 2.75) is 366 Å². The molecule has 0 saturated heterocycles. The van der Waals surface area contributed by atoms with Gasteiger partial charge in [-0.15, -0.1) is 0 Å². The summed E-state index contributed by atoms with van der Waals surface area (Å²) < 4.78 is 0. The topological polar surface area (TPSA) is 69.6 Å². The van der Waals surface area contributed by atoms with E-state index in [0.29, 0.717) is 12.8 Å². The maximum atomic E-state index is 12.6. The lowest BCUT2D eigenvalue weighted by Gasteiger charge is -2.22. The van der Waals surface area contributed by atoms with Crippen molar-refractivity contribution in [1.29, 1.82) is 0 Å². The number of hydrogen-bond acceptors (Lipinski definition) is 3. The molecular formula is C73H133NO3. The zero-order valence-corrected chi connectivity index (χ0v) is 51.7. The zero-order chi connectivity index (χ0) is 55.5. The van der Waals surface area contributed by atoms with E-state index in [1.54, 1.807) is 0 Å². The molecule has 0 fully saturated rings. The Kier molecular flexibility index (Phi) is 65.7. The lowest BCUT2D eigenvalue weighted by Crippen LogP contribution is -2.45. The van der Waals surface area contributed by atoms with Crippen molar-refractivity contribution in [3.8, 4) is 0 Å². The molecule has 448 valence electrons. The van der Waals surface area contributed by atoms with E-state index in [1.807, 2.05) is 0 Å². The van der Waals surface area contributed by atoms with Crippen LogP contribution in [0.4, 0.5) is 0 Å². The molecular weight excluding hydrogens is 939 g/mol. The lowest BCUT2D eigenvalue weighted by molar-refractivity contribution is -0.123. The van der Waals surface area contributed by atoms with Gasteiger partial charge in [0.05, 0.1) is 18.8 Å². The second kappa shape index (κ2) is 67.8. The van der Waals surface area contributed by atoms with Crippen molar-refractivity contribution in [1.82, 2.24) is 5.32 Å². The Hall–Kier alpha value is -2.43. The molecule has 4 heteroatoms. The van der Waals surface area contributed by atoms with E-state index in [4.69, 9.17) is 0 Å². The summed E-state index contributed by atoms with van der Waals surface area (Å²) in [7, 11) is 0. The highest BCUT2D eigenvalue weighted by atomic mass is 16.3. The molecule has 0 aromatic carbocycles. The number of nitrogens with one attached hydrogen (secondary N) is 1. The van der Waals surface area contributed by atoms with Crippen LogP contribution in [0.3, 0.4) is 0 Å². The molecule has 4 nitrogen and oxygen atoms in total. The Labute approximate surface area is 481 Å². The summed E-state index contributed by atoms with van der Waals surface area (Å²) in [5.74, 6) is -0.0273. The van der Waals surface area contributed by atoms with Gasteiger partial charge < -0.3 is 15.5 Å². The predicted molar refractivity (Wildman–Crippen MR) is 345 cm³/mol. The number of carbonyl (C=O) groups is 1. The Bertz CT molecular complexity index is 1360. The summed E-state index contributed by atoms with van der Waals surface area (Å²) in [4.78, 5) is 12.6. The van der Waals surface area contributed by atoms with Crippen LogP contribution in [0, 0.1) is 0 Å². The van der Waals surface area contributed by atoms with Crippen LogP contribution in [0.1, 0.15) is 354 Å². The van der Waals surface area contributed by atoms with Crippen LogP contribution in [0.25, 0.3) is 0 Å². The van der Waals surface area contributed by atoms with E-state index in [9.17, 15) is 15.0 Å². The molecule has 0 aliphatic rings. The maximum absolute atomic E-state index is 12.6. The first-order chi connectivity index (χ1) is 38.2. The average molecular weight is 1070 g/mol. The number of unbranched alkanes of at least 4 members (excludes halogenated alkanes) is 42. The second-order valence-corrected chi connectivity index (χ2v) is 23.2. The summed E-state index contributed by atoms with van der Waals surface area (Å²) in [6.45, 7) is 4.28. The molecule has 0 saturated carbocycles. The van der Waals surface area contributed by atoms with Crippen LogP contribution in [0.2, 0.25) is 0 Å². The third-order valence-electron chi connectivity index (χ3n) is 15.7. The molecule has 2 atom stereocenters. The quantitative estimate of drug-likeness (QED) is 0.0420. The molecule has 0 aromatic rings. The largest absolute Gasteiger partial charge is 0.394 e. The van der Waals surface area contributed by atoms with Crippen molar-refractivity contribution >= 4 is 5.91 Å². The van der Waals surface area contributed by atoms with E-state index < -0.39 is 12.1 Å². The molecule has 3 N–H and O–H groups in total. The van der Waals surface area contributed by atoms with Gasteiger partial charge in [-0.05, 0) is 70.6 Å². The second-order valence-electron chi connectivity index (χ2n) is 23.2. The normalized spacial score (nSPS) is 13.2. The third-order valence-corrected chi connectivity index (χ3v) is 15.7. The fourth-order valence-corrected chi connectivity index (χ4v) is 10.5. The SMILES string of the molecule is CC/C=C\C/C=C\C/C=C\C/C=C\C/C=C\C/C=C\C/C=C\CCCCCCCCCCCCCCCCCCCC(=O)NC(CO)C(O)CCCCCCCCCCCCCCCCCCCCCCCCCCCC. The van der Waals surface area contributed by atoms with Gasteiger partial charge in [-0.2, -0.15) is 0 Å². The first-order valence-electron chi connectivity index (χ1n) is 34.3. The van der Waals surface area contributed by atoms with Gasteiger partial charge in [-0.1, -0.05) is 362 Å². The summed E-state index contributed by atoms with van der Waals surface area (Å²) in [6.07, 6.45) is 99.1. The fraction of sp³-hybridized carbons (Fsp3) is 0.795. The van der Waals surface area contributed by atoms with E-state index in [-0.39, 0.29) is 12.5 Å². The average Bonchev–Trinajstić information content (AvgIpc) is 3.43. The molecule has 0 radical (unpaired) electrons. The van der Waals surface area contributed by atoms with E-state index in [1.165, 1.54) is 257 Å². The minimum absolute atomic E-state index is 0.0273. The standard InChI is InChI=1S/C73H133NO3/c1-3-5-7-9-11-13-15-17-19-21-23-25-27-29-31-32-33-34-35-36-37-38-39-40-41-42-43-45-47-49-51-53-55-57-59-61-63-65-67-69-73(77)74-71(70-75)72(76)68-66-64-62-60-58-56-54-52-50-48-46-44-30-28-26-24-22-20-18-16-14-12-10-8-6-4-2/h5,7,11,13,17,19,23,25,29,31,33-34,36-37,71-72,75-76H,3-4,6,8-10,12,14-16,18,20-22,24,26-28,30,32,35,38-70H2,1-2H3,(H,74,77)/b7-5-,13-11-,19-17-,25-23-,31-29-,34-33-,37-36-. The van der Waals surface area contributed by atoms with Gasteiger partial charge in [-0.3, -0.25) is 4.79 Å². The predicted octanol–water partition coefficient (Wildman–Crippen LogP) is 23.4. The third kappa shape index (κ3) is 64.3. The first-order valence-corrected chi connectivity index (χ1v) is 34.3. The summed E-state index contributed by atoms with van der Waals surface area (Å²) in [6, 6.07) is -0.540. The number of aliphatic hydroxyl groups is 2. The van der Waals surface area contributed by atoms with Crippen molar-refractivity contribution < 1.29 is 15.0 Å². The van der Waals surface area contributed by atoms with Crippen molar-refractivity contribution in [3.63, 3.8) is 0 Å². The number of aliphatic hydroxyl groups excluding tert-OH is 2. The van der Waals surface area contributed by atoms with E-state index in [0.717, 1.165) is 70.6 Å². The number of carbonyl (C=O) groups excluding carboxylic acids is 1. The molecule has 0 bridgehead atoms. The molecule has 0 spiro atoms. The molecule has 0 heterocycles. The Morgan fingerprint density at radius 1 is 0.325 bits per heavy atom. The summed E-state index contributed by atoms with van der Waals surface area (Å²) in [5, 5.41) is 23.5. The van der Waals surface area contributed by atoms with Gasteiger partial charge in [0.2, 0.25) is 5.91 Å². The van der Waals surface area contributed by atoms with Gasteiger partial charge in [0, 0.05) is 6.42 Å². The van der Waals surface area contributed by atoms with Crippen LogP contribution < -0.4 is 5.32 Å². The highest BCUT2D eigenvalue weighted by Gasteiger charge is 2.20. The van der Waals surface area contributed by atoms with Gasteiger partial charge in [0.15, 0.2) is 0 Å². The van der Waals surface area contributed by atoms with Gasteiger partial charge in [0.25, 0.3) is 0 Å². The van der Waals surface area contributed by atoms with Crippen LogP contribution in [0.5, 0.6) is 0 Å². The minimum atomic E-state index is -0.663. The minimum Gasteiger partial charge on any atom is -0.394 e. The smallest absolute Gasteiger partial charge is 0.220 e. The molecule has 1 amide bonds. The van der Waals surface area contributed by atoms with Crippen LogP contribution in [-0.2, 0) is 4.79 Å². The molecule has 0 aromatic heterocycles. The number of hydrogen-bond donors (Lipinski definition) is 3. The Morgan fingerprint density at radius 2 is 0.571 bits per heavy atom. The summed E-state index contributed by atoms with van der Waals surface area (Å²) in [5.41, 5.74) is 0. The van der Waals surface area contributed by atoms with Gasteiger partial charge in [0.1, 0.15) is 0 Å². The number of allylic oxidation sites excluding steroid dienone is 14. The van der Waals surface area contributed by atoms with Crippen molar-refractivity contribution in [2.24, 2.45) is 0 Å². The Balaban J connectivity index is 3.45. The molecule has 0 aliphatic carbocycles. The Morgan fingerprint density at radius 3 is 0.857 bits per heavy atom. The van der Waals surface area contributed by atoms with Crippen molar-refractivity contribution in [2.75, 3.05) is 6.61 Å². The molecule has 0 rings (SSSR count). The molecule has 0 aliphatic heterocycles. The maximum Gasteiger partial charge on any atom is 0.220 e. The molecule has 2 unspecified atom stereocenters. The van der Waals surface area contributed by atoms with E-state index >= 15 is 0 Å². The summed E-state index contributed by atoms with van der Waals surface area (Å²) >= 11 is 0. The monoisotopic (exact) mass is 1070 g/mol. The van der Waals surface area contributed by atoms with Crippen LogP contribution in [0.15, 0.2) is 85.1 Å². The number of rotatable bonds is 63. The van der Waals surface area contributed by atoms with Crippen LogP contribution in [-0.4, -0.2) is 34.9 Å². The van der Waals surface area contributed by atoms with Crippen LogP contribution >= 0.6 is 0 Å². The van der Waals surface area contributed by atoms with E-state index in [2.05, 4.69) is 104 Å². The molecule has 77 heavy (non-hydrogen) atoms. The highest BCUT2D eigenvalue weighted by molar-refractivity contribution is 5.76.